The summed E-state index contributed by atoms with van der Waals surface area (Å²) < 4.78 is 20.6. The third-order valence-electron chi connectivity index (χ3n) is 3.19. The molecule has 3 rings (SSSR count). The molecular formula is C17H15FN2O. The topological polar surface area (TPSA) is 27.1 Å². The maximum atomic E-state index is 13.2. The smallest absolute Gasteiger partial charge is 0.132 e. The maximum Gasteiger partial charge on any atom is 0.132 e. The molecule has 0 saturated heterocycles. The molecule has 3 aromatic rings. The van der Waals surface area contributed by atoms with Crippen LogP contribution in [-0.4, -0.2) is 9.78 Å². The monoisotopic (exact) mass is 282 g/mol. The van der Waals surface area contributed by atoms with Gasteiger partial charge in [-0.05, 0) is 36.8 Å². The Morgan fingerprint density at radius 2 is 1.90 bits per heavy atom. The summed E-state index contributed by atoms with van der Waals surface area (Å²) in [6.07, 6.45) is 1.88. The normalized spacial score (nSPS) is 10.6. The Bertz CT molecular complexity index is 738. The van der Waals surface area contributed by atoms with Crippen LogP contribution >= 0.6 is 0 Å². The second-order valence-electron chi connectivity index (χ2n) is 4.79. The standard InChI is InChI=1S/C17H15FN2O/c1-13-7-8-14(18)11-17(13)21-12-15-9-10-20(19-15)16-5-3-2-4-6-16/h2-11H,12H2,1H3. The highest BCUT2D eigenvalue weighted by molar-refractivity contribution is 5.33. The minimum atomic E-state index is -0.301. The molecule has 1 heterocycles. The summed E-state index contributed by atoms with van der Waals surface area (Å²) in [5.41, 5.74) is 2.69. The van der Waals surface area contributed by atoms with Gasteiger partial charge in [0.2, 0.25) is 0 Å². The molecule has 2 aromatic carbocycles. The SMILES string of the molecule is Cc1ccc(F)cc1OCc1ccn(-c2ccccc2)n1. The van der Waals surface area contributed by atoms with Crippen LogP contribution in [0.5, 0.6) is 5.75 Å². The Morgan fingerprint density at radius 3 is 2.71 bits per heavy atom. The van der Waals surface area contributed by atoms with Gasteiger partial charge in [0.05, 0.1) is 5.69 Å². The molecule has 0 aliphatic heterocycles. The van der Waals surface area contributed by atoms with E-state index in [1.54, 1.807) is 10.7 Å². The van der Waals surface area contributed by atoms with E-state index >= 15 is 0 Å². The van der Waals surface area contributed by atoms with Crippen LogP contribution in [0.2, 0.25) is 0 Å². The molecule has 0 unspecified atom stereocenters. The second-order valence-corrected chi connectivity index (χ2v) is 4.79. The third-order valence-corrected chi connectivity index (χ3v) is 3.19. The molecule has 0 fully saturated rings. The Morgan fingerprint density at radius 1 is 1.10 bits per heavy atom. The molecule has 0 aliphatic carbocycles. The minimum absolute atomic E-state index is 0.301. The molecule has 0 saturated carbocycles. The van der Waals surface area contributed by atoms with Gasteiger partial charge in [-0.25, -0.2) is 9.07 Å². The van der Waals surface area contributed by atoms with E-state index < -0.39 is 0 Å². The number of para-hydroxylation sites is 1. The zero-order valence-electron chi connectivity index (χ0n) is 11.7. The van der Waals surface area contributed by atoms with Gasteiger partial charge in [-0.15, -0.1) is 0 Å². The molecule has 0 atom stereocenters. The summed E-state index contributed by atoms with van der Waals surface area (Å²) in [7, 11) is 0. The average Bonchev–Trinajstić information content (AvgIpc) is 2.98. The van der Waals surface area contributed by atoms with Crippen LogP contribution in [-0.2, 0) is 6.61 Å². The lowest BCUT2D eigenvalue weighted by molar-refractivity contribution is 0.297. The number of rotatable bonds is 4. The van der Waals surface area contributed by atoms with Crippen LogP contribution in [0, 0.1) is 12.7 Å². The fourth-order valence-electron chi connectivity index (χ4n) is 2.04. The van der Waals surface area contributed by atoms with Crippen molar-refractivity contribution >= 4 is 0 Å². The van der Waals surface area contributed by atoms with Crippen LogP contribution in [0.25, 0.3) is 5.69 Å². The average molecular weight is 282 g/mol. The van der Waals surface area contributed by atoms with Gasteiger partial charge in [0, 0.05) is 12.3 Å². The molecule has 3 nitrogen and oxygen atoms in total. The van der Waals surface area contributed by atoms with Crippen LogP contribution in [0.15, 0.2) is 60.8 Å². The molecule has 0 aliphatic rings. The number of aromatic nitrogens is 2. The molecule has 1 aromatic heterocycles. The van der Waals surface area contributed by atoms with E-state index in [1.807, 2.05) is 49.5 Å². The van der Waals surface area contributed by atoms with Gasteiger partial charge in [-0.2, -0.15) is 5.10 Å². The molecule has 0 N–H and O–H groups in total. The first kappa shape index (κ1) is 13.4. The van der Waals surface area contributed by atoms with E-state index in [0.717, 1.165) is 16.9 Å². The first-order valence-electron chi connectivity index (χ1n) is 6.71. The third kappa shape index (κ3) is 3.11. The maximum absolute atomic E-state index is 13.2. The zero-order valence-corrected chi connectivity index (χ0v) is 11.7. The molecule has 0 bridgehead atoms. The first-order valence-corrected chi connectivity index (χ1v) is 6.71. The molecule has 0 spiro atoms. The lowest BCUT2D eigenvalue weighted by Gasteiger charge is -2.07. The van der Waals surface area contributed by atoms with Gasteiger partial charge in [0.1, 0.15) is 23.9 Å². The summed E-state index contributed by atoms with van der Waals surface area (Å²) in [4.78, 5) is 0. The van der Waals surface area contributed by atoms with E-state index in [2.05, 4.69) is 5.10 Å². The van der Waals surface area contributed by atoms with Crippen molar-refractivity contribution in [3.63, 3.8) is 0 Å². The molecule has 0 amide bonds. The van der Waals surface area contributed by atoms with Crippen molar-refractivity contribution in [2.24, 2.45) is 0 Å². The molecule has 106 valence electrons. The lowest BCUT2D eigenvalue weighted by atomic mass is 10.2. The Labute approximate surface area is 122 Å². The van der Waals surface area contributed by atoms with Gasteiger partial charge in [0.15, 0.2) is 0 Å². The molecular weight excluding hydrogens is 267 g/mol. The Kier molecular flexibility index (Phi) is 3.69. The van der Waals surface area contributed by atoms with Gasteiger partial charge >= 0.3 is 0 Å². The molecule has 21 heavy (non-hydrogen) atoms. The summed E-state index contributed by atoms with van der Waals surface area (Å²) in [5, 5.41) is 4.45. The van der Waals surface area contributed by atoms with Crippen LogP contribution in [0.4, 0.5) is 4.39 Å². The summed E-state index contributed by atoms with van der Waals surface area (Å²) in [6, 6.07) is 16.3. The largest absolute Gasteiger partial charge is 0.487 e. The number of ether oxygens (including phenoxy) is 1. The number of hydrogen-bond acceptors (Lipinski definition) is 2. The van der Waals surface area contributed by atoms with Crippen molar-refractivity contribution in [2.75, 3.05) is 0 Å². The fourth-order valence-corrected chi connectivity index (χ4v) is 2.04. The quantitative estimate of drug-likeness (QED) is 0.725. The summed E-state index contributed by atoms with van der Waals surface area (Å²) >= 11 is 0. The van der Waals surface area contributed by atoms with Gasteiger partial charge in [-0.3, -0.25) is 0 Å². The van der Waals surface area contributed by atoms with Crippen LogP contribution in [0.3, 0.4) is 0 Å². The molecule has 4 heteroatoms. The predicted molar refractivity (Wildman–Crippen MR) is 79.0 cm³/mol. The zero-order chi connectivity index (χ0) is 14.7. The predicted octanol–water partition coefficient (Wildman–Crippen LogP) is 3.90. The number of nitrogens with zero attached hydrogens (tertiary/aromatic N) is 2. The van der Waals surface area contributed by atoms with Crippen LogP contribution < -0.4 is 4.74 Å². The number of aryl methyl sites for hydroxylation is 1. The molecule has 0 radical (unpaired) electrons. The van der Waals surface area contributed by atoms with E-state index in [1.165, 1.54) is 12.1 Å². The number of halogens is 1. The van der Waals surface area contributed by atoms with E-state index in [4.69, 9.17) is 4.74 Å². The van der Waals surface area contributed by atoms with E-state index in [0.29, 0.717) is 12.4 Å². The van der Waals surface area contributed by atoms with E-state index in [9.17, 15) is 4.39 Å². The summed E-state index contributed by atoms with van der Waals surface area (Å²) in [6.45, 7) is 2.20. The Hall–Kier alpha value is -2.62. The van der Waals surface area contributed by atoms with Crippen molar-refractivity contribution in [3.05, 3.63) is 77.9 Å². The van der Waals surface area contributed by atoms with Crippen molar-refractivity contribution in [1.82, 2.24) is 9.78 Å². The highest BCUT2D eigenvalue weighted by Gasteiger charge is 2.05. The fraction of sp³-hybridized carbons (Fsp3) is 0.118. The summed E-state index contributed by atoms with van der Waals surface area (Å²) in [5.74, 6) is 0.245. The first-order chi connectivity index (χ1) is 10.2. The van der Waals surface area contributed by atoms with Crippen molar-refractivity contribution in [1.29, 1.82) is 0 Å². The van der Waals surface area contributed by atoms with Gasteiger partial charge < -0.3 is 4.74 Å². The van der Waals surface area contributed by atoms with E-state index in [-0.39, 0.29) is 5.82 Å². The number of hydrogen-bond donors (Lipinski definition) is 0. The number of benzene rings is 2. The Balaban J connectivity index is 1.72. The van der Waals surface area contributed by atoms with Crippen LogP contribution in [0.1, 0.15) is 11.3 Å². The minimum Gasteiger partial charge on any atom is -0.487 e. The van der Waals surface area contributed by atoms with Crippen molar-refractivity contribution in [3.8, 4) is 11.4 Å². The van der Waals surface area contributed by atoms with Crippen molar-refractivity contribution in [2.45, 2.75) is 13.5 Å². The lowest BCUT2D eigenvalue weighted by Crippen LogP contribution is -2.00. The highest BCUT2D eigenvalue weighted by atomic mass is 19.1. The van der Waals surface area contributed by atoms with Crippen molar-refractivity contribution < 1.29 is 9.13 Å². The van der Waals surface area contributed by atoms with Gasteiger partial charge in [0.25, 0.3) is 0 Å². The highest BCUT2D eigenvalue weighted by Crippen LogP contribution is 2.20. The van der Waals surface area contributed by atoms with Gasteiger partial charge in [-0.1, -0.05) is 24.3 Å². The second kappa shape index (κ2) is 5.79.